The number of hydrogen-bond acceptors (Lipinski definition) is 2. The molecule has 0 aromatic carbocycles. The molecular weight excluding hydrogens is 224 g/mol. The standard InChI is InChI=1S/C15H28N2O/c1-3-13-9-15(11-17(10-13)12(2)18)16-14-7-5-4-6-8-14/h13-16H,3-11H2,1-2H3. The van der Waals surface area contributed by atoms with Crippen LogP contribution in [0.2, 0.25) is 0 Å². The molecule has 104 valence electrons. The summed E-state index contributed by atoms with van der Waals surface area (Å²) in [4.78, 5) is 13.6. The predicted octanol–water partition coefficient (Wildman–Crippen LogP) is 2.56. The molecule has 1 heterocycles. The summed E-state index contributed by atoms with van der Waals surface area (Å²) >= 11 is 0. The number of likely N-dealkylation sites (tertiary alicyclic amines) is 1. The summed E-state index contributed by atoms with van der Waals surface area (Å²) in [5, 5.41) is 3.81. The molecule has 2 unspecified atom stereocenters. The van der Waals surface area contributed by atoms with Crippen molar-refractivity contribution in [1.29, 1.82) is 0 Å². The highest BCUT2D eigenvalue weighted by Gasteiger charge is 2.29. The zero-order chi connectivity index (χ0) is 13.0. The molecule has 1 saturated heterocycles. The fourth-order valence-corrected chi connectivity index (χ4v) is 3.48. The van der Waals surface area contributed by atoms with Crippen LogP contribution in [0, 0.1) is 5.92 Å². The van der Waals surface area contributed by atoms with Gasteiger partial charge in [0.2, 0.25) is 5.91 Å². The molecule has 2 fully saturated rings. The third kappa shape index (κ3) is 3.71. The molecule has 0 aromatic rings. The first-order valence-electron chi connectivity index (χ1n) is 7.70. The SMILES string of the molecule is CCC1CC(NC2CCCCC2)CN(C(C)=O)C1. The van der Waals surface area contributed by atoms with Crippen molar-refractivity contribution in [1.82, 2.24) is 10.2 Å². The lowest BCUT2D eigenvalue weighted by Crippen LogP contribution is -2.53. The average molecular weight is 252 g/mol. The van der Waals surface area contributed by atoms with Crippen molar-refractivity contribution in [2.75, 3.05) is 13.1 Å². The molecular formula is C15H28N2O. The molecule has 3 heteroatoms. The molecule has 1 aliphatic carbocycles. The van der Waals surface area contributed by atoms with Gasteiger partial charge in [0.05, 0.1) is 0 Å². The zero-order valence-electron chi connectivity index (χ0n) is 12.0. The van der Waals surface area contributed by atoms with E-state index in [0.29, 0.717) is 18.0 Å². The average Bonchev–Trinajstić information content (AvgIpc) is 2.39. The quantitative estimate of drug-likeness (QED) is 0.837. The molecule has 0 radical (unpaired) electrons. The molecule has 2 rings (SSSR count). The van der Waals surface area contributed by atoms with Crippen molar-refractivity contribution in [3.05, 3.63) is 0 Å². The van der Waals surface area contributed by atoms with Gasteiger partial charge in [0, 0.05) is 32.1 Å². The lowest BCUT2D eigenvalue weighted by atomic mass is 9.89. The lowest BCUT2D eigenvalue weighted by molar-refractivity contribution is -0.131. The molecule has 2 atom stereocenters. The highest BCUT2D eigenvalue weighted by molar-refractivity contribution is 5.73. The second kappa shape index (κ2) is 6.55. The first-order chi connectivity index (χ1) is 8.69. The minimum absolute atomic E-state index is 0.239. The third-order valence-electron chi connectivity index (χ3n) is 4.64. The van der Waals surface area contributed by atoms with Crippen LogP contribution in [0.5, 0.6) is 0 Å². The summed E-state index contributed by atoms with van der Waals surface area (Å²) in [5.74, 6) is 0.923. The fraction of sp³-hybridized carbons (Fsp3) is 0.933. The Labute approximate surface area is 111 Å². The molecule has 1 aliphatic heterocycles. The van der Waals surface area contributed by atoms with E-state index >= 15 is 0 Å². The van der Waals surface area contributed by atoms with E-state index in [1.54, 1.807) is 6.92 Å². The van der Waals surface area contributed by atoms with Crippen LogP contribution in [0.1, 0.15) is 58.8 Å². The Morgan fingerprint density at radius 3 is 2.50 bits per heavy atom. The number of rotatable bonds is 3. The van der Waals surface area contributed by atoms with Crippen LogP contribution in [0.3, 0.4) is 0 Å². The summed E-state index contributed by atoms with van der Waals surface area (Å²) in [6, 6.07) is 1.23. The number of amides is 1. The maximum atomic E-state index is 11.6. The maximum absolute atomic E-state index is 11.6. The molecule has 18 heavy (non-hydrogen) atoms. The second-order valence-electron chi connectivity index (χ2n) is 6.13. The van der Waals surface area contributed by atoms with Gasteiger partial charge in [-0.05, 0) is 25.2 Å². The summed E-state index contributed by atoms with van der Waals surface area (Å²) < 4.78 is 0. The van der Waals surface area contributed by atoms with Crippen LogP contribution in [-0.2, 0) is 4.79 Å². The molecule has 0 spiro atoms. The van der Waals surface area contributed by atoms with Gasteiger partial charge in [0.15, 0.2) is 0 Å². The van der Waals surface area contributed by atoms with Gasteiger partial charge in [-0.2, -0.15) is 0 Å². The predicted molar refractivity (Wildman–Crippen MR) is 74.4 cm³/mol. The van der Waals surface area contributed by atoms with Crippen LogP contribution in [0.15, 0.2) is 0 Å². The van der Waals surface area contributed by atoms with Gasteiger partial charge in [-0.1, -0.05) is 32.6 Å². The van der Waals surface area contributed by atoms with E-state index in [2.05, 4.69) is 12.2 Å². The topological polar surface area (TPSA) is 32.3 Å². The molecule has 0 bridgehead atoms. The van der Waals surface area contributed by atoms with Gasteiger partial charge < -0.3 is 10.2 Å². The normalized spacial score (nSPS) is 30.4. The van der Waals surface area contributed by atoms with Crippen LogP contribution in [0.25, 0.3) is 0 Å². The van der Waals surface area contributed by atoms with Gasteiger partial charge in [0.1, 0.15) is 0 Å². The number of piperidine rings is 1. The van der Waals surface area contributed by atoms with Crippen LogP contribution in [0.4, 0.5) is 0 Å². The Morgan fingerprint density at radius 1 is 1.17 bits per heavy atom. The van der Waals surface area contributed by atoms with E-state index in [9.17, 15) is 4.79 Å². The van der Waals surface area contributed by atoms with E-state index in [4.69, 9.17) is 0 Å². The van der Waals surface area contributed by atoms with Crippen molar-refractivity contribution in [2.45, 2.75) is 70.9 Å². The summed E-state index contributed by atoms with van der Waals surface area (Å²) in [5.41, 5.74) is 0. The molecule has 1 amide bonds. The van der Waals surface area contributed by atoms with Gasteiger partial charge >= 0.3 is 0 Å². The Kier molecular flexibility index (Phi) is 5.04. The number of nitrogens with zero attached hydrogens (tertiary/aromatic N) is 1. The molecule has 3 nitrogen and oxygen atoms in total. The summed E-state index contributed by atoms with van der Waals surface area (Å²) in [7, 11) is 0. The van der Waals surface area contributed by atoms with Crippen LogP contribution in [-0.4, -0.2) is 36.0 Å². The minimum atomic E-state index is 0.239. The number of carbonyl (C=O) groups is 1. The van der Waals surface area contributed by atoms with Crippen molar-refractivity contribution in [3.63, 3.8) is 0 Å². The molecule has 0 aromatic heterocycles. The Bertz CT molecular complexity index is 274. The minimum Gasteiger partial charge on any atom is -0.341 e. The van der Waals surface area contributed by atoms with Crippen LogP contribution >= 0.6 is 0 Å². The Morgan fingerprint density at radius 2 is 1.89 bits per heavy atom. The molecule has 1 saturated carbocycles. The maximum Gasteiger partial charge on any atom is 0.219 e. The van der Waals surface area contributed by atoms with Crippen LogP contribution < -0.4 is 5.32 Å². The Hall–Kier alpha value is -0.570. The van der Waals surface area contributed by atoms with Gasteiger partial charge in [0.25, 0.3) is 0 Å². The first kappa shape index (κ1) is 13.9. The Balaban J connectivity index is 1.87. The highest BCUT2D eigenvalue weighted by atomic mass is 16.2. The van der Waals surface area contributed by atoms with E-state index in [1.165, 1.54) is 44.9 Å². The van der Waals surface area contributed by atoms with Crippen molar-refractivity contribution >= 4 is 5.91 Å². The number of hydrogen-bond donors (Lipinski definition) is 1. The monoisotopic (exact) mass is 252 g/mol. The van der Waals surface area contributed by atoms with Crippen molar-refractivity contribution in [2.24, 2.45) is 5.92 Å². The second-order valence-corrected chi connectivity index (χ2v) is 6.13. The van der Waals surface area contributed by atoms with Crippen molar-refractivity contribution < 1.29 is 4.79 Å². The van der Waals surface area contributed by atoms with E-state index in [1.807, 2.05) is 4.90 Å². The van der Waals surface area contributed by atoms with Gasteiger partial charge in [-0.15, -0.1) is 0 Å². The highest BCUT2D eigenvalue weighted by Crippen LogP contribution is 2.23. The summed E-state index contributed by atoms with van der Waals surface area (Å²) in [6.45, 7) is 5.83. The number of nitrogens with one attached hydrogen (secondary N) is 1. The lowest BCUT2D eigenvalue weighted by Gasteiger charge is -2.39. The fourth-order valence-electron chi connectivity index (χ4n) is 3.48. The third-order valence-corrected chi connectivity index (χ3v) is 4.64. The van der Waals surface area contributed by atoms with Gasteiger partial charge in [-0.25, -0.2) is 0 Å². The van der Waals surface area contributed by atoms with E-state index in [0.717, 1.165) is 13.1 Å². The van der Waals surface area contributed by atoms with Crippen molar-refractivity contribution in [3.8, 4) is 0 Å². The number of carbonyl (C=O) groups excluding carboxylic acids is 1. The molecule has 1 N–H and O–H groups in total. The zero-order valence-corrected chi connectivity index (χ0v) is 12.0. The summed E-state index contributed by atoms with van der Waals surface area (Å²) in [6.07, 6.45) is 9.24. The van der Waals surface area contributed by atoms with E-state index in [-0.39, 0.29) is 5.91 Å². The largest absolute Gasteiger partial charge is 0.341 e. The smallest absolute Gasteiger partial charge is 0.219 e. The molecule has 2 aliphatic rings. The first-order valence-corrected chi connectivity index (χ1v) is 7.70. The van der Waals surface area contributed by atoms with Gasteiger partial charge in [-0.3, -0.25) is 4.79 Å². The van der Waals surface area contributed by atoms with E-state index < -0.39 is 0 Å².